The number of hydrogen-bond acceptors (Lipinski definition) is 3. The first kappa shape index (κ1) is 13.4. The monoisotopic (exact) mass is 285 g/mol. The highest BCUT2D eigenvalue weighted by atomic mass is 19.1. The Labute approximate surface area is 122 Å². The number of H-pyrrole nitrogens is 1. The normalized spacial score (nSPS) is 10.8. The highest BCUT2D eigenvalue weighted by molar-refractivity contribution is 5.77. The number of para-hydroxylation sites is 2. The van der Waals surface area contributed by atoms with Gasteiger partial charge in [0.1, 0.15) is 0 Å². The Morgan fingerprint density at radius 2 is 2.10 bits per heavy atom. The van der Waals surface area contributed by atoms with Crippen molar-refractivity contribution < 1.29 is 9.13 Å². The van der Waals surface area contributed by atoms with Crippen LogP contribution in [0.15, 0.2) is 42.5 Å². The van der Waals surface area contributed by atoms with E-state index in [1.165, 1.54) is 6.07 Å². The minimum Gasteiger partial charge on any atom is -0.491 e. The van der Waals surface area contributed by atoms with Crippen LogP contribution in [-0.4, -0.2) is 16.6 Å². The molecule has 3 rings (SSSR count). The lowest BCUT2D eigenvalue weighted by molar-refractivity contribution is 0.321. The van der Waals surface area contributed by atoms with Crippen molar-refractivity contribution in [2.45, 2.75) is 13.5 Å². The molecule has 0 aliphatic rings. The summed E-state index contributed by atoms with van der Waals surface area (Å²) in [6, 6.07) is 12.7. The Balaban J connectivity index is 1.70. The summed E-state index contributed by atoms with van der Waals surface area (Å²) in [5, 5.41) is 3.15. The molecule has 0 spiro atoms. The first-order valence-corrected chi connectivity index (χ1v) is 6.86. The van der Waals surface area contributed by atoms with E-state index in [-0.39, 0.29) is 11.6 Å². The minimum absolute atomic E-state index is 0.282. The van der Waals surface area contributed by atoms with Crippen LogP contribution in [0.5, 0.6) is 5.75 Å². The fourth-order valence-corrected chi connectivity index (χ4v) is 2.15. The largest absolute Gasteiger partial charge is 0.491 e. The van der Waals surface area contributed by atoms with E-state index in [4.69, 9.17) is 4.74 Å². The van der Waals surface area contributed by atoms with Crippen molar-refractivity contribution in [3.63, 3.8) is 0 Å². The first-order chi connectivity index (χ1) is 10.3. The van der Waals surface area contributed by atoms with Crippen LogP contribution in [0.25, 0.3) is 11.0 Å². The Morgan fingerprint density at radius 1 is 1.24 bits per heavy atom. The van der Waals surface area contributed by atoms with Crippen LogP contribution in [0.4, 0.5) is 10.3 Å². The van der Waals surface area contributed by atoms with Crippen molar-refractivity contribution >= 4 is 17.0 Å². The van der Waals surface area contributed by atoms with E-state index in [1.54, 1.807) is 6.07 Å². The third kappa shape index (κ3) is 2.97. The Hall–Kier alpha value is -2.56. The smallest absolute Gasteiger partial charge is 0.201 e. The zero-order valence-electron chi connectivity index (χ0n) is 11.7. The molecule has 0 aliphatic carbocycles. The number of imidazole rings is 1. The molecule has 0 saturated heterocycles. The van der Waals surface area contributed by atoms with Crippen LogP contribution in [-0.2, 0) is 6.54 Å². The Morgan fingerprint density at radius 3 is 2.86 bits per heavy atom. The van der Waals surface area contributed by atoms with Gasteiger partial charge in [-0.15, -0.1) is 0 Å². The van der Waals surface area contributed by atoms with Gasteiger partial charge in [-0.05, 0) is 36.8 Å². The molecule has 0 aliphatic heterocycles. The summed E-state index contributed by atoms with van der Waals surface area (Å²) in [6.07, 6.45) is 0. The number of aromatic amines is 1. The molecule has 0 fully saturated rings. The summed E-state index contributed by atoms with van der Waals surface area (Å²) in [7, 11) is 0. The van der Waals surface area contributed by atoms with Gasteiger partial charge in [0.15, 0.2) is 11.6 Å². The molecule has 0 radical (unpaired) electrons. The summed E-state index contributed by atoms with van der Waals surface area (Å²) in [6.45, 7) is 2.77. The van der Waals surface area contributed by atoms with Crippen molar-refractivity contribution in [2.24, 2.45) is 0 Å². The van der Waals surface area contributed by atoms with Crippen molar-refractivity contribution in [1.29, 1.82) is 0 Å². The van der Waals surface area contributed by atoms with Gasteiger partial charge in [-0.2, -0.15) is 0 Å². The van der Waals surface area contributed by atoms with E-state index in [0.29, 0.717) is 19.1 Å². The zero-order valence-corrected chi connectivity index (χ0v) is 11.7. The molecule has 0 amide bonds. The lowest BCUT2D eigenvalue weighted by Gasteiger charge is -2.07. The molecular weight excluding hydrogens is 269 g/mol. The van der Waals surface area contributed by atoms with Gasteiger partial charge in [0.25, 0.3) is 0 Å². The van der Waals surface area contributed by atoms with Gasteiger partial charge < -0.3 is 15.0 Å². The maximum absolute atomic E-state index is 13.8. The molecule has 0 atom stereocenters. The Kier molecular flexibility index (Phi) is 3.73. The first-order valence-electron chi connectivity index (χ1n) is 6.86. The lowest BCUT2D eigenvalue weighted by Crippen LogP contribution is -2.02. The maximum atomic E-state index is 13.8. The second-order valence-corrected chi connectivity index (χ2v) is 4.65. The average Bonchev–Trinajstić information content (AvgIpc) is 2.90. The van der Waals surface area contributed by atoms with E-state index >= 15 is 0 Å². The van der Waals surface area contributed by atoms with Crippen LogP contribution in [0.3, 0.4) is 0 Å². The quantitative estimate of drug-likeness (QED) is 0.751. The molecule has 5 heteroatoms. The van der Waals surface area contributed by atoms with Crippen LogP contribution in [0.1, 0.15) is 12.5 Å². The summed E-state index contributed by atoms with van der Waals surface area (Å²) >= 11 is 0. The van der Waals surface area contributed by atoms with Crippen LogP contribution in [0, 0.1) is 5.82 Å². The molecule has 108 valence electrons. The van der Waals surface area contributed by atoms with Gasteiger partial charge in [0.2, 0.25) is 5.95 Å². The summed E-state index contributed by atoms with van der Waals surface area (Å²) in [5.74, 6) is 0.608. The van der Waals surface area contributed by atoms with Crippen molar-refractivity contribution in [3.05, 3.63) is 53.8 Å². The predicted octanol–water partition coefficient (Wildman–Crippen LogP) is 3.71. The third-order valence-electron chi connectivity index (χ3n) is 3.15. The van der Waals surface area contributed by atoms with E-state index in [0.717, 1.165) is 16.6 Å². The van der Waals surface area contributed by atoms with Crippen LogP contribution >= 0.6 is 0 Å². The van der Waals surface area contributed by atoms with Gasteiger partial charge in [-0.25, -0.2) is 9.37 Å². The predicted molar refractivity (Wildman–Crippen MR) is 81.0 cm³/mol. The van der Waals surface area contributed by atoms with E-state index in [2.05, 4.69) is 15.3 Å². The van der Waals surface area contributed by atoms with Crippen molar-refractivity contribution in [1.82, 2.24) is 9.97 Å². The topological polar surface area (TPSA) is 49.9 Å². The maximum Gasteiger partial charge on any atom is 0.201 e. The number of aromatic nitrogens is 2. The van der Waals surface area contributed by atoms with E-state index in [1.807, 2.05) is 37.3 Å². The summed E-state index contributed by atoms with van der Waals surface area (Å²) in [4.78, 5) is 7.58. The van der Waals surface area contributed by atoms with Gasteiger partial charge in [-0.1, -0.05) is 18.2 Å². The number of hydrogen-bond donors (Lipinski definition) is 2. The molecule has 21 heavy (non-hydrogen) atoms. The Bertz CT molecular complexity index is 721. The number of benzene rings is 2. The highest BCUT2D eigenvalue weighted by Crippen LogP contribution is 2.19. The van der Waals surface area contributed by atoms with Gasteiger partial charge in [-0.3, -0.25) is 0 Å². The molecule has 0 unspecified atom stereocenters. The molecule has 2 N–H and O–H groups in total. The minimum atomic E-state index is -0.347. The highest BCUT2D eigenvalue weighted by Gasteiger charge is 2.05. The van der Waals surface area contributed by atoms with Crippen molar-refractivity contribution in [3.8, 4) is 5.75 Å². The molecule has 0 bridgehead atoms. The number of nitrogens with zero attached hydrogens (tertiary/aromatic N) is 1. The van der Waals surface area contributed by atoms with Gasteiger partial charge >= 0.3 is 0 Å². The molecule has 1 heterocycles. The number of anilines is 1. The van der Waals surface area contributed by atoms with E-state index < -0.39 is 0 Å². The number of fused-ring (bicyclic) bond motifs is 1. The molecule has 4 nitrogen and oxygen atoms in total. The standard InChI is InChI=1S/C16H16FN3O/c1-2-21-15-8-7-11(9-12(15)17)10-18-16-19-13-5-3-4-6-14(13)20-16/h3-9H,2,10H2,1H3,(H2,18,19,20). The van der Waals surface area contributed by atoms with Crippen molar-refractivity contribution in [2.75, 3.05) is 11.9 Å². The van der Waals surface area contributed by atoms with Gasteiger partial charge in [0.05, 0.1) is 17.6 Å². The number of rotatable bonds is 5. The average molecular weight is 285 g/mol. The fraction of sp³-hybridized carbons (Fsp3) is 0.188. The lowest BCUT2D eigenvalue weighted by atomic mass is 10.2. The summed E-state index contributed by atoms with van der Waals surface area (Å²) in [5.41, 5.74) is 2.70. The molecular formula is C16H16FN3O. The molecule has 2 aromatic carbocycles. The summed E-state index contributed by atoms with van der Waals surface area (Å²) < 4.78 is 18.9. The number of nitrogens with one attached hydrogen (secondary N) is 2. The zero-order chi connectivity index (χ0) is 14.7. The molecule has 1 aromatic heterocycles. The van der Waals surface area contributed by atoms with E-state index in [9.17, 15) is 4.39 Å². The van der Waals surface area contributed by atoms with Crippen LogP contribution in [0.2, 0.25) is 0 Å². The second-order valence-electron chi connectivity index (χ2n) is 4.65. The van der Waals surface area contributed by atoms with Gasteiger partial charge in [0, 0.05) is 6.54 Å². The second kappa shape index (κ2) is 5.83. The molecule has 3 aromatic rings. The molecule has 0 saturated carbocycles. The number of ether oxygens (including phenoxy) is 1. The van der Waals surface area contributed by atoms with Crippen LogP contribution < -0.4 is 10.1 Å². The fourth-order valence-electron chi connectivity index (χ4n) is 2.15. The number of halogens is 1. The third-order valence-corrected chi connectivity index (χ3v) is 3.15. The SMILES string of the molecule is CCOc1ccc(CNc2nc3ccccc3[nH]2)cc1F.